The molecule has 0 saturated carbocycles. The second-order valence-electron chi connectivity index (χ2n) is 7.76. The highest BCUT2D eigenvalue weighted by Crippen LogP contribution is 2.19. The number of aryl methyl sites for hydroxylation is 1. The first-order chi connectivity index (χ1) is 12.7. The summed E-state index contributed by atoms with van der Waals surface area (Å²) in [6.45, 7) is 8.27. The van der Waals surface area contributed by atoms with Crippen LogP contribution in [0.4, 0.5) is 4.79 Å². The molecule has 1 N–H and O–H groups in total. The monoisotopic (exact) mass is 374 g/mol. The van der Waals surface area contributed by atoms with Gasteiger partial charge in [-0.2, -0.15) is 4.98 Å². The van der Waals surface area contributed by atoms with Crippen LogP contribution in [0.1, 0.15) is 56.3 Å². The largest absolute Gasteiger partial charge is 0.444 e. The van der Waals surface area contributed by atoms with Crippen LogP contribution < -0.4 is 5.32 Å². The van der Waals surface area contributed by atoms with Crippen LogP contribution in [-0.4, -0.2) is 61.2 Å². The fourth-order valence-electron chi connectivity index (χ4n) is 3.12. The number of aromatic nitrogens is 4. The van der Waals surface area contributed by atoms with Gasteiger partial charge in [0.25, 0.3) is 11.7 Å². The number of hydrogen-bond donors (Lipinski definition) is 1. The van der Waals surface area contributed by atoms with E-state index in [1.54, 1.807) is 15.6 Å². The van der Waals surface area contributed by atoms with Crippen LogP contribution in [0.25, 0.3) is 5.78 Å². The Hall–Kier alpha value is -2.71. The van der Waals surface area contributed by atoms with Crippen molar-refractivity contribution in [3.8, 4) is 0 Å². The average Bonchev–Trinajstić information content (AvgIpc) is 3.04. The van der Waals surface area contributed by atoms with Gasteiger partial charge >= 0.3 is 6.09 Å². The molecule has 1 unspecified atom stereocenters. The molecule has 3 heterocycles. The molecular formula is C18H26N6O3. The lowest BCUT2D eigenvalue weighted by atomic mass is 10.0. The number of alkyl carbamates (subject to hydrolysis) is 1. The van der Waals surface area contributed by atoms with Gasteiger partial charge in [-0.05, 0) is 53.0 Å². The molecule has 9 heteroatoms. The minimum atomic E-state index is -0.558. The van der Waals surface area contributed by atoms with Gasteiger partial charge in [-0.1, -0.05) is 0 Å². The van der Waals surface area contributed by atoms with E-state index in [9.17, 15) is 9.59 Å². The van der Waals surface area contributed by atoms with Crippen LogP contribution >= 0.6 is 0 Å². The first-order valence-corrected chi connectivity index (χ1v) is 9.21. The number of nitrogens with one attached hydrogen (secondary N) is 1. The standard InChI is InChI=1S/C18H26N6O3/c1-12-8-9-19-16-21-14(22-24(12)16)15(25)23-10-6-5-7-13(23)11-20-17(26)27-18(2,3)4/h8-9,13H,5-7,10-11H2,1-4H3,(H,20,26). The van der Waals surface area contributed by atoms with Gasteiger partial charge in [0, 0.05) is 31.0 Å². The number of likely N-dealkylation sites (tertiary alicyclic amines) is 1. The van der Waals surface area contributed by atoms with Crippen molar-refractivity contribution in [3.63, 3.8) is 0 Å². The predicted molar refractivity (Wildman–Crippen MR) is 98.4 cm³/mol. The van der Waals surface area contributed by atoms with Crippen LogP contribution in [-0.2, 0) is 4.74 Å². The Bertz CT molecular complexity index is 841. The van der Waals surface area contributed by atoms with E-state index in [1.807, 2.05) is 33.8 Å². The molecule has 2 aromatic rings. The number of ether oxygens (including phenoxy) is 1. The predicted octanol–water partition coefficient (Wildman–Crippen LogP) is 1.95. The summed E-state index contributed by atoms with van der Waals surface area (Å²) in [6, 6.07) is 1.70. The summed E-state index contributed by atoms with van der Waals surface area (Å²) in [4.78, 5) is 35.1. The fraction of sp³-hybridized carbons (Fsp3) is 0.611. The zero-order valence-corrected chi connectivity index (χ0v) is 16.2. The number of amides is 2. The van der Waals surface area contributed by atoms with Crippen molar-refractivity contribution in [2.45, 2.75) is 58.6 Å². The Kier molecular flexibility index (Phi) is 5.29. The summed E-state index contributed by atoms with van der Waals surface area (Å²) in [5.74, 6) is 0.287. The third kappa shape index (κ3) is 4.53. The molecule has 9 nitrogen and oxygen atoms in total. The van der Waals surface area contributed by atoms with Gasteiger partial charge in [0.05, 0.1) is 0 Å². The minimum Gasteiger partial charge on any atom is -0.444 e. The molecule has 1 aliphatic rings. The lowest BCUT2D eigenvalue weighted by Gasteiger charge is -2.35. The zero-order valence-electron chi connectivity index (χ0n) is 16.2. The number of hydrogen-bond acceptors (Lipinski definition) is 6. The molecule has 0 bridgehead atoms. The van der Waals surface area contributed by atoms with Gasteiger partial charge < -0.3 is 15.0 Å². The Balaban J connectivity index is 1.71. The Morgan fingerprint density at radius 3 is 2.81 bits per heavy atom. The van der Waals surface area contributed by atoms with E-state index in [0.717, 1.165) is 25.0 Å². The molecule has 146 valence electrons. The van der Waals surface area contributed by atoms with Gasteiger partial charge in [-0.25, -0.2) is 14.3 Å². The molecule has 27 heavy (non-hydrogen) atoms. The molecule has 2 amide bonds. The Morgan fingerprint density at radius 2 is 2.11 bits per heavy atom. The maximum absolute atomic E-state index is 13.0. The average molecular weight is 374 g/mol. The molecule has 0 aliphatic carbocycles. The van der Waals surface area contributed by atoms with Crippen LogP contribution in [0, 0.1) is 6.92 Å². The van der Waals surface area contributed by atoms with Gasteiger partial charge in [0.1, 0.15) is 5.60 Å². The molecule has 3 rings (SSSR count). The highest BCUT2D eigenvalue weighted by atomic mass is 16.6. The molecule has 1 aliphatic heterocycles. The van der Waals surface area contributed by atoms with Crippen LogP contribution in [0.5, 0.6) is 0 Å². The fourth-order valence-corrected chi connectivity index (χ4v) is 3.12. The molecule has 1 saturated heterocycles. The number of nitrogens with zero attached hydrogens (tertiary/aromatic N) is 5. The molecule has 0 radical (unpaired) electrons. The second-order valence-corrected chi connectivity index (χ2v) is 7.76. The Labute approximate surface area is 158 Å². The molecule has 0 spiro atoms. The number of carbonyl (C=O) groups is 2. The molecule has 1 fully saturated rings. The zero-order chi connectivity index (χ0) is 19.6. The normalized spacial score (nSPS) is 17.8. The van der Waals surface area contributed by atoms with Crippen molar-refractivity contribution in [1.82, 2.24) is 29.8 Å². The van der Waals surface area contributed by atoms with Crippen molar-refractivity contribution < 1.29 is 14.3 Å². The van der Waals surface area contributed by atoms with E-state index >= 15 is 0 Å². The summed E-state index contributed by atoms with van der Waals surface area (Å²) in [5, 5.41) is 7.07. The third-order valence-corrected chi connectivity index (χ3v) is 4.39. The summed E-state index contributed by atoms with van der Waals surface area (Å²) >= 11 is 0. The van der Waals surface area contributed by atoms with Gasteiger partial charge in [-0.3, -0.25) is 4.79 Å². The maximum Gasteiger partial charge on any atom is 0.407 e. The van der Waals surface area contributed by atoms with Crippen molar-refractivity contribution in [1.29, 1.82) is 0 Å². The van der Waals surface area contributed by atoms with Crippen LogP contribution in [0.15, 0.2) is 12.3 Å². The molecular weight excluding hydrogens is 348 g/mol. The van der Waals surface area contributed by atoms with E-state index in [2.05, 4.69) is 20.4 Å². The van der Waals surface area contributed by atoms with Crippen LogP contribution in [0.3, 0.4) is 0 Å². The summed E-state index contributed by atoms with van der Waals surface area (Å²) < 4.78 is 6.83. The third-order valence-electron chi connectivity index (χ3n) is 4.39. The van der Waals surface area contributed by atoms with E-state index < -0.39 is 11.7 Å². The number of fused-ring (bicyclic) bond motifs is 1. The van der Waals surface area contributed by atoms with Gasteiger partial charge in [0.15, 0.2) is 0 Å². The highest BCUT2D eigenvalue weighted by Gasteiger charge is 2.30. The van der Waals surface area contributed by atoms with Crippen LogP contribution in [0.2, 0.25) is 0 Å². The number of carbonyl (C=O) groups excluding carboxylic acids is 2. The van der Waals surface area contributed by atoms with Crippen molar-refractivity contribution in [2.24, 2.45) is 0 Å². The van der Waals surface area contributed by atoms with Crippen molar-refractivity contribution in [3.05, 3.63) is 23.8 Å². The van der Waals surface area contributed by atoms with Gasteiger partial charge in [0.2, 0.25) is 5.82 Å². The SMILES string of the molecule is Cc1ccnc2nc(C(=O)N3CCCCC3CNC(=O)OC(C)(C)C)nn12. The summed E-state index contributed by atoms with van der Waals surface area (Å²) in [5.41, 5.74) is 0.297. The van der Waals surface area contributed by atoms with E-state index in [1.165, 1.54) is 0 Å². The molecule has 0 aromatic carbocycles. The van der Waals surface area contributed by atoms with Crippen molar-refractivity contribution in [2.75, 3.05) is 13.1 Å². The topological polar surface area (TPSA) is 102 Å². The van der Waals surface area contributed by atoms with E-state index in [0.29, 0.717) is 18.9 Å². The smallest absolute Gasteiger partial charge is 0.407 e. The van der Waals surface area contributed by atoms with Gasteiger partial charge in [-0.15, -0.1) is 5.10 Å². The van der Waals surface area contributed by atoms with E-state index in [-0.39, 0.29) is 17.8 Å². The minimum absolute atomic E-state index is 0.112. The summed E-state index contributed by atoms with van der Waals surface area (Å²) in [7, 11) is 0. The molecule has 1 atom stereocenters. The van der Waals surface area contributed by atoms with Crippen molar-refractivity contribution >= 4 is 17.8 Å². The summed E-state index contributed by atoms with van der Waals surface area (Å²) in [6.07, 6.45) is 3.89. The molecule has 2 aromatic heterocycles. The second kappa shape index (κ2) is 7.50. The lowest BCUT2D eigenvalue weighted by molar-refractivity contribution is 0.0459. The van der Waals surface area contributed by atoms with E-state index in [4.69, 9.17) is 4.74 Å². The number of piperidine rings is 1. The first-order valence-electron chi connectivity index (χ1n) is 9.21. The first kappa shape index (κ1) is 19.1. The Morgan fingerprint density at radius 1 is 1.33 bits per heavy atom. The number of rotatable bonds is 3. The lowest BCUT2D eigenvalue weighted by Crippen LogP contribution is -2.50. The quantitative estimate of drug-likeness (QED) is 0.881. The highest BCUT2D eigenvalue weighted by molar-refractivity contribution is 5.91. The maximum atomic E-state index is 13.0.